The first-order valence-electron chi connectivity index (χ1n) is 5.28. The van der Waals surface area contributed by atoms with Crippen molar-refractivity contribution < 1.29 is 9.90 Å². The molecule has 0 aromatic carbocycles. The Bertz CT molecular complexity index is 368. The number of carboxylic acid groups (broad SMARTS) is 1. The third-order valence-electron chi connectivity index (χ3n) is 3.19. The Morgan fingerprint density at radius 1 is 1.67 bits per heavy atom. The van der Waals surface area contributed by atoms with Crippen molar-refractivity contribution in [3.8, 4) is 0 Å². The first kappa shape index (κ1) is 10.1. The van der Waals surface area contributed by atoms with Gasteiger partial charge in [-0.2, -0.15) is 5.10 Å². The average Bonchev–Trinajstić information content (AvgIpc) is 2.58. The standard InChI is InChI=1S/C10H15N3O2/c1-2-13-9(11-7-12-13)10(4-3-5-10)6-8(14)15/h7H,2-6H2,1H3,(H,14,15). The van der Waals surface area contributed by atoms with Crippen molar-refractivity contribution in [1.29, 1.82) is 0 Å². The van der Waals surface area contributed by atoms with Crippen LogP contribution in [-0.2, 0) is 16.8 Å². The van der Waals surface area contributed by atoms with Crippen molar-refractivity contribution in [1.82, 2.24) is 14.8 Å². The van der Waals surface area contributed by atoms with Crippen molar-refractivity contribution in [2.75, 3.05) is 0 Å². The lowest BCUT2D eigenvalue weighted by Gasteiger charge is -2.39. The number of hydrogen-bond donors (Lipinski definition) is 1. The van der Waals surface area contributed by atoms with Gasteiger partial charge in [0.15, 0.2) is 0 Å². The van der Waals surface area contributed by atoms with Crippen molar-refractivity contribution >= 4 is 5.97 Å². The first-order valence-corrected chi connectivity index (χ1v) is 5.28. The average molecular weight is 209 g/mol. The molecule has 1 heterocycles. The molecule has 1 N–H and O–H groups in total. The van der Waals surface area contributed by atoms with Crippen molar-refractivity contribution in [2.45, 2.75) is 44.6 Å². The van der Waals surface area contributed by atoms with Gasteiger partial charge in [-0.1, -0.05) is 6.42 Å². The van der Waals surface area contributed by atoms with Crippen LogP contribution in [0.25, 0.3) is 0 Å². The van der Waals surface area contributed by atoms with E-state index in [4.69, 9.17) is 5.11 Å². The number of carboxylic acids is 1. The highest BCUT2D eigenvalue weighted by atomic mass is 16.4. The van der Waals surface area contributed by atoms with E-state index in [2.05, 4.69) is 10.1 Å². The largest absolute Gasteiger partial charge is 0.481 e. The summed E-state index contributed by atoms with van der Waals surface area (Å²) in [6.45, 7) is 2.74. The highest BCUT2D eigenvalue weighted by Crippen LogP contribution is 2.45. The van der Waals surface area contributed by atoms with Gasteiger partial charge in [0.05, 0.1) is 6.42 Å². The lowest BCUT2D eigenvalue weighted by molar-refractivity contribution is -0.139. The van der Waals surface area contributed by atoms with Crippen LogP contribution in [0.3, 0.4) is 0 Å². The molecule has 0 atom stereocenters. The molecular formula is C10H15N3O2. The van der Waals surface area contributed by atoms with Crippen LogP contribution in [0.4, 0.5) is 0 Å². The molecule has 0 radical (unpaired) electrons. The second kappa shape index (κ2) is 3.64. The Labute approximate surface area is 88.1 Å². The fraction of sp³-hybridized carbons (Fsp3) is 0.700. The van der Waals surface area contributed by atoms with Gasteiger partial charge >= 0.3 is 5.97 Å². The molecule has 1 fully saturated rings. The van der Waals surface area contributed by atoms with E-state index < -0.39 is 5.97 Å². The summed E-state index contributed by atoms with van der Waals surface area (Å²) in [7, 11) is 0. The van der Waals surface area contributed by atoms with Crippen LogP contribution in [0, 0.1) is 0 Å². The van der Waals surface area contributed by atoms with Crippen LogP contribution in [0.5, 0.6) is 0 Å². The van der Waals surface area contributed by atoms with Crippen LogP contribution in [0.15, 0.2) is 6.33 Å². The summed E-state index contributed by atoms with van der Waals surface area (Å²) in [5.41, 5.74) is -0.252. The normalized spacial score (nSPS) is 18.5. The molecule has 0 unspecified atom stereocenters. The zero-order valence-electron chi connectivity index (χ0n) is 8.81. The van der Waals surface area contributed by atoms with E-state index in [1.165, 1.54) is 6.33 Å². The Hall–Kier alpha value is -1.39. The van der Waals surface area contributed by atoms with Crippen molar-refractivity contribution in [3.63, 3.8) is 0 Å². The Morgan fingerprint density at radius 2 is 2.40 bits per heavy atom. The second-order valence-corrected chi connectivity index (χ2v) is 4.10. The Balaban J connectivity index is 2.29. The van der Waals surface area contributed by atoms with E-state index in [0.717, 1.165) is 31.6 Å². The van der Waals surface area contributed by atoms with E-state index in [-0.39, 0.29) is 11.8 Å². The Morgan fingerprint density at radius 3 is 2.87 bits per heavy atom. The lowest BCUT2D eigenvalue weighted by atomic mass is 9.66. The molecule has 0 spiro atoms. The van der Waals surface area contributed by atoms with Gasteiger partial charge in [0, 0.05) is 12.0 Å². The second-order valence-electron chi connectivity index (χ2n) is 4.10. The van der Waals surface area contributed by atoms with Crippen LogP contribution in [0.2, 0.25) is 0 Å². The quantitative estimate of drug-likeness (QED) is 0.808. The van der Waals surface area contributed by atoms with Gasteiger partial charge in [-0.3, -0.25) is 4.79 Å². The van der Waals surface area contributed by atoms with Gasteiger partial charge in [0.2, 0.25) is 0 Å². The van der Waals surface area contributed by atoms with E-state index >= 15 is 0 Å². The molecule has 82 valence electrons. The van der Waals surface area contributed by atoms with Crippen LogP contribution < -0.4 is 0 Å². The van der Waals surface area contributed by atoms with E-state index in [1.54, 1.807) is 0 Å². The first-order chi connectivity index (χ1) is 7.18. The molecule has 0 saturated heterocycles. The molecule has 1 aromatic heterocycles. The monoisotopic (exact) mass is 209 g/mol. The number of rotatable bonds is 4. The molecule has 5 nitrogen and oxygen atoms in total. The highest BCUT2D eigenvalue weighted by Gasteiger charge is 2.44. The molecule has 0 aliphatic heterocycles. The number of aromatic nitrogens is 3. The molecule has 1 aliphatic carbocycles. The maximum absolute atomic E-state index is 10.8. The third kappa shape index (κ3) is 1.62. The zero-order valence-corrected chi connectivity index (χ0v) is 8.81. The SMILES string of the molecule is CCn1ncnc1C1(CC(=O)O)CCC1. The van der Waals surface area contributed by atoms with Gasteiger partial charge in [-0.15, -0.1) is 0 Å². The summed E-state index contributed by atoms with van der Waals surface area (Å²) < 4.78 is 1.81. The van der Waals surface area contributed by atoms with E-state index in [0.29, 0.717) is 0 Å². The number of aryl methyl sites for hydroxylation is 1. The maximum atomic E-state index is 10.8. The predicted octanol–water partition coefficient (Wildman–Crippen LogP) is 1.19. The van der Waals surface area contributed by atoms with Crippen molar-refractivity contribution in [3.05, 3.63) is 12.2 Å². The molecular weight excluding hydrogens is 194 g/mol. The summed E-state index contributed by atoms with van der Waals surface area (Å²) in [6.07, 6.45) is 4.60. The minimum Gasteiger partial charge on any atom is -0.481 e. The zero-order chi connectivity index (χ0) is 10.9. The molecule has 1 aromatic rings. The fourth-order valence-electron chi connectivity index (χ4n) is 2.28. The summed E-state index contributed by atoms with van der Waals surface area (Å²) in [4.78, 5) is 15.1. The lowest BCUT2D eigenvalue weighted by Crippen LogP contribution is -2.39. The molecule has 5 heteroatoms. The van der Waals surface area contributed by atoms with Crippen LogP contribution >= 0.6 is 0 Å². The van der Waals surface area contributed by atoms with Gasteiger partial charge in [0.1, 0.15) is 12.2 Å². The minimum absolute atomic E-state index is 0.172. The minimum atomic E-state index is -0.750. The Kier molecular flexibility index (Phi) is 2.46. The number of carbonyl (C=O) groups is 1. The molecule has 15 heavy (non-hydrogen) atoms. The van der Waals surface area contributed by atoms with Crippen LogP contribution in [-0.4, -0.2) is 25.8 Å². The number of hydrogen-bond acceptors (Lipinski definition) is 3. The molecule has 2 rings (SSSR count). The maximum Gasteiger partial charge on any atom is 0.304 e. The van der Waals surface area contributed by atoms with E-state index in [1.807, 2.05) is 11.6 Å². The summed E-state index contributed by atoms with van der Waals surface area (Å²) in [6, 6.07) is 0. The van der Waals surface area contributed by atoms with Crippen LogP contribution in [0.1, 0.15) is 38.4 Å². The summed E-state index contributed by atoms with van der Waals surface area (Å²) >= 11 is 0. The predicted molar refractivity (Wildman–Crippen MR) is 53.5 cm³/mol. The topological polar surface area (TPSA) is 68.0 Å². The molecule has 0 bridgehead atoms. The van der Waals surface area contributed by atoms with Gasteiger partial charge in [-0.25, -0.2) is 9.67 Å². The van der Waals surface area contributed by atoms with Gasteiger partial charge < -0.3 is 5.11 Å². The molecule has 1 saturated carbocycles. The highest BCUT2D eigenvalue weighted by molar-refractivity contribution is 5.69. The summed E-state index contributed by atoms with van der Waals surface area (Å²) in [5.74, 6) is 0.0963. The fourth-order valence-corrected chi connectivity index (χ4v) is 2.28. The van der Waals surface area contributed by atoms with Gasteiger partial charge in [0.25, 0.3) is 0 Å². The smallest absolute Gasteiger partial charge is 0.304 e. The van der Waals surface area contributed by atoms with E-state index in [9.17, 15) is 4.79 Å². The number of nitrogens with zero attached hydrogens (tertiary/aromatic N) is 3. The number of aliphatic carboxylic acids is 1. The summed E-state index contributed by atoms with van der Waals surface area (Å²) in [5, 5.41) is 13.0. The molecule has 1 aliphatic rings. The van der Waals surface area contributed by atoms with Gasteiger partial charge in [-0.05, 0) is 19.8 Å². The van der Waals surface area contributed by atoms with Crippen molar-refractivity contribution in [2.24, 2.45) is 0 Å². The third-order valence-corrected chi connectivity index (χ3v) is 3.19. The molecule has 0 amide bonds.